The van der Waals surface area contributed by atoms with Crippen molar-refractivity contribution in [2.24, 2.45) is 0 Å². The molecule has 110 valence electrons. The Bertz CT molecular complexity index is 427. The highest BCUT2D eigenvalue weighted by Crippen LogP contribution is 2.25. The van der Waals surface area contributed by atoms with E-state index in [4.69, 9.17) is 0 Å². The molecule has 1 aliphatic heterocycles. The van der Waals surface area contributed by atoms with Gasteiger partial charge in [0.05, 0.1) is 6.10 Å². The first-order chi connectivity index (χ1) is 9.72. The Balaban J connectivity index is 1.88. The van der Waals surface area contributed by atoms with Crippen molar-refractivity contribution in [3.8, 4) is 0 Å². The quantitative estimate of drug-likeness (QED) is 0.769. The molecule has 1 saturated heterocycles. The van der Waals surface area contributed by atoms with Crippen LogP contribution in [0.25, 0.3) is 0 Å². The lowest BCUT2D eigenvalue weighted by atomic mass is 10.0. The maximum absolute atomic E-state index is 11.7. The summed E-state index contributed by atoms with van der Waals surface area (Å²) in [5.74, 6) is 0.206. The molecule has 0 spiro atoms. The van der Waals surface area contributed by atoms with Crippen LogP contribution in [-0.4, -0.2) is 17.6 Å². The van der Waals surface area contributed by atoms with Crippen LogP contribution in [0.5, 0.6) is 0 Å². The van der Waals surface area contributed by atoms with Crippen LogP contribution < -0.4 is 4.90 Å². The summed E-state index contributed by atoms with van der Waals surface area (Å²) in [5.41, 5.74) is 1.91. The molecule has 1 amide bonds. The number of hydrogen-bond acceptors (Lipinski definition) is 2. The van der Waals surface area contributed by atoms with Gasteiger partial charge in [0.1, 0.15) is 0 Å². The molecule has 1 aliphatic rings. The second-order valence-corrected chi connectivity index (χ2v) is 5.61. The van der Waals surface area contributed by atoms with Gasteiger partial charge in [0.25, 0.3) is 0 Å². The van der Waals surface area contributed by atoms with E-state index in [1.54, 1.807) is 0 Å². The van der Waals surface area contributed by atoms with Gasteiger partial charge in [-0.3, -0.25) is 4.79 Å². The van der Waals surface area contributed by atoms with Gasteiger partial charge in [-0.15, -0.1) is 0 Å². The highest BCUT2D eigenvalue weighted by molar-refractivity contribution is 5.95. The molecule has 0 aromatic heterocycles. The van der Waals surface area contributed by atoms with Crippen LogP contribution in [0.2, 0.25) is 0 Å². The number of hydrogen-bond donors (Lipinski definition) is 1. The van der Waals surface area contributed by atoms with Crippen LogP contribution in [0.1, 0.15) is 63.5 Å². The van der Waals surface area contributed by atoms with E-state index in [2.05, 4.69) is 6.92 Å². The molecule has 1 heterocycles. The first kappa shape index (κ1) is 15.0. The predicted molar refractivity (Wildman–Crippen MR) is 81.7 cm³/mol. The summed E-state index contributed by atoms with van der Waals surface area (Å²) < 4.78 is 0. The van der Waals surface area contributed by atoms with Crippen LogP contribution in [-0.2, 0) is 4.79 Å². The monoisotopic (exact) mass is 275 g/mol. The van der Waals surface area contributed by atoms with E-state index in [0.717, 1.165) is 37.1 Å². The fourth-order valence-electron chi connectivity index (χ4n) is 2.73. The van der Waals surface area contributed by atoms with Gasteiger partial charge in [0.2, 0.25) is 5.91 Å². The van der Waals surface area contributed by atoms with E-state index in [0.29, 0.717) is 6.42 Å². The van der Waals surface area contributed by atoms with Crippen molar-refractivity contribution in [3.05, 3.63) is 29.8 Å². The predicted octanol–water partition coefficient (Wildman–Crippen LogP) is 3.82. The summed E-state index contributed by atoms with van der Waals surface area (Å²) >= 11 is 0. The number of anilines is 1. The Morgan fingerprint density at radius 1 is 1.20 bits per heavy atom. The van der Waals surface area contributed by atoms with Gasteiger partial charge >= 0.3 is 0 Å². The molecule has 1 unspecified atom stereocenters. The topological polar surface area (TPSA) is 40.5 Å². The van der Waals surface area contributed by atoms with Crippen LogP contribution in [0.3, 0.4) is 0 Å². The Morgan fingerprint density at radius 2 is 1.95 bits per heavy atom. The summed E-state index contributed by atoms with van der Waals surface area (Å²) in [6.07, 6.45) is 6.76. The maximum atomic E-state index is 11.7. The van der Waals surface area contributed by atoms with E-state index < -0.39 is 0 Å². The van der Waals surface area contributed by atoms with Crippen molar-refractivity contribution < 1.29 is 9.90 Å². The molecule has 1 aromatic rings. The van der Waals surface area contributed by atoms with Crippen molar-refractivity contribution in [2.45, 2.75) is 58.0 Å². The zero-order valence-electron chi connectivity index (χ0n) is 12.3. The van der Waals surface area contributed by atoms with Gasteiger partial charge in [0.15, 0.2) is 0 Å². The molecule has 2 rings (SSSR count). The van der Waals surface area contributed by atoms with Gasteiger partial charge < -0.3 is 10.0 Å². The summed E-state index contributed by atoms with van der Waals surface area (Å²) in [7, 11) is 0. The first-order valence-corrected chi connectivity index (χ1v) is 7.80. The molecule has 3 heteroatoms. The number of unbranched alkanes of at least 4 members (excludes halogenated alkanes) is 3. The van der Waals surface area contributed by atoms with E-state index in [1.165, 1.54) is 19.3 Å². The van der Waals surface area contributed by atoms with Crippen molar-refractivity contribution in [1.29, 1.82) is 0 Å². The van der Waals surface area contributed by atoms with E-state index >= 15 is 0 Å². The Morgan fingerprint density at radius 3 is 2.55 bits per heavy atom. The van der Waals surface area contributed by atoms with Crippen LogP contribution in [0.4, 0.5) is 5.69 Å². The molecule has 1 N–H and O–H groups in total. The molecular weight excluding hydrogens is 250 g/mol. The lowest BCUT2D eigenvalue weighted by Crippen LogP contribution is -2.23. The number of carbonyl (C=O) groups is 1. The van der Waals surface area contributed by atoms with E-state index in [1.807, 2.05) is 29.2 Å². The third kappa shape index (κ3) is 3.83. The molecule has 0 saturated carbocycles. The Hall–Kier alpha value is -1.35. The minimum absolute atomic E-state index is 0.206. The molecule has 1 aromatic carbocycles. The number of aliphatic hydroxyl groups is 1. The molecule has 3 nitrogen and oxygen atoms in total. The lowest BCUT2D eigenvalue weighted by Gasteiger charge is -2.17. The average molecular weight is 275 g/mol. The summed E-state index contributed by atoms with van der Waals surface area (Å²) in [6, 6.07) is 7.80. The summed E-state index contributed by atoms with van der Waals surface area (Å²) in [5, 5.41) is 10.1. The van der Waals surface area contributed by atoms with Crippen molar-refractivity contribution in [1.82, 2.24) is 0 Å². The highest BCUT2D eigenvalue weighted by Gasteiger charge is 2.21. The fraction of sp³-hybridized carbons (Fsp3) is 0.588. The van der Waals surface area contributed by atoms with Crippen LogP contribution >= 0.6 is 0 Å². The highest BCUT2D eigenvalue weighted by atomic mass is 16.3. The second-order valence-electron chi connectivity index (χ2n) is 5.61. The van der Waals surface area contributed by atoms with Crippen LogP contribution in [0.15, 0.2) is 24.3 Å². The molecular formula is C17H25NO2. The van der Waals surface area contributed by atoms with E-state index in [-0.39, 0.29) is 12.0 Å². The smallest absolute Gasteiger partial charge is 0.227 e. The largest absolute Gasteiger partial charge is 0.388 e. The average Bonchev–Trinajstić information content (AvgIpc) is 2.90. The minimum atomic E-state index is -0.379. The Labute approximate surface area is 121 Å². The van der Waals surface area contributed by atoms with Gasteiger partial charge in [-0.1, -0.05) is 44.7 Å². The zero-order valence-corrected chi connectivity index (χ0v) is 12.3. The SMILES string of the molecule is CCCCCCC(O)c1ccc(N2CCCC2=O)cc1. The third-order valence-corrected chi connectivity index (χ3v) is 3.99. The molecule has 1 fully saturated rings. The molecule has 0 bridgehead atoms. The number of nitrogens with zero attached hydrogens (tertiary/aromatic N) is 1. The van der Waals surface area contributed by atoms with Crippen LogP contribution in [0, 0.1) is 0 Å². The summed E-state index contributed by atoms with van der Waals surface area (Å²) in [4.78, 5) is 13.5. The molecule has 0 radical (unpaired) electrons. The van der Waals surface area contributed by atoms with Crippen molar-refractivity contribution in [3.63, 3.8) is 0 Å². The van der Waals surface area contributed by atoms with Gasteiger partial charge in [0, 0.05) is 18.7 Å². The van der Waals surface area contributed by atoms with E-state index in [9.17, 15) is 9.90 Å². The second kappa shape index (κ2) is 7.44. The maximum Gasteiger partial charge on any atom is 0.227 e. The number of aliphatic hydroxyl groups excluding tert-OH is 1. The number of benzene rings is 1. The molecule has 20 heavy (non-hydrogen) atoms. The van der Waals surface area contributed by atoms with Gasteiger partial charge in [-0.25, -0.2) is 0 Å². The number of amides is 1. The van der Waals surface area contributed by atoms with Gasteiger partial charge in [-0.05, 0) is 30.5 Å². The lowest BCUT2D eigenvalue weighted by molar-refractivity contribution is -0.117. The normalized spacial score (nSPS) is 16.7. The molecule has 1 atom stereocenters. The number of carbonyl (C=O) groups excluding carboxylic acids is 1. The zero-order chi connectivity index (χ0) is 14.4. The standard InChI is InChI=1S/C17H25NO2/c1-2-3-4-5-7-16(19)14-9-11-15(12-10-14)18-13-6-8-17(18)20/h9-12,16,19H,2-8,13H2,1H3. The van der Waals surface area contributed by atoms with Crippen molar-refractivity contribution >= 4 is 11.6 Å². The fourth-order valence-corrected chi connectivity index (χ4v) is 2.73. The minimum Gasteiger partial charge on any atom is -0.388 e. The third-order valence-electron chi connectivity index (χ3n) is 3.99. The molecule has 0 aliphatic carbocycles. The number of rotatable bonds is 7. The Kier molecular flexibility index (Phi) is 5.60. The van der Waals surface area contributed by atoms with Gasteiger partial charge in [-0.2, -0.15) is 0 Å². The van der Waals surface area contributed by atoms with Crippen molar-refractivity contribution in [2.75, 3.05) is 11.4 Å². The first-order valence-electron chi connectivity index (χ1n) is 7.80. The summed E-state index contributed by atoms with van der Waals surface area (Å²) in [6.45, 7) is 3.01.